The standard InChI is InChI=1S/C14H17NO4/c1-10-7-15(8-12(10)13(16)17)14(18)19-9-11-5-3-2-4-6-11/h2-6,10,12H,7-9H2,1H3,(H,16,17)/p-1/t10-,12+/m1/s1. The monoisotopic (exact) mass is 262 g/mol. The van der Waals surface area contributed by atoms with Gasteiger partial charge in [0.15, 0.2) is 0 Å². The van der Waals surface area contributed by atoms with Crippen LogP contribution in [0.4, 0.5) is 4.79 Å². The molecule has 19 heavy (non-hydrogen) atoms. The van der Waals surface area contributed by atoms with E-state index >= 15 is 0 Å². The molecule has 0 aromatic heterocycles. The first-order chi connectivity index (χ1) is 9.08. The van der Waals surface area contributed by atoms with E-state index in [4.69, 9.17) is 4.74 Å². The largest absolute Gasteiger partial charge is 0.550 e. The number of hydrogen-bond donors (Lipinski definition) is 0. The Labute approximate surface area is 111 Å². The Balaban J connectivity index is 1.86. The summed E-state index contributed by atoms with van der Waals surface area (Å²) in [5, 5.41) is 10.9. The lowest BCUT2D eigenvalue weighted by Gasteiger charge is -2.16. The van der Waals surface area contributed by atoms with Gasteiger partial charge in [0, 0.05) is 25.0 Å². The van der Waals surface area contributed by atoms with Gasteiger partial charge in [0.25, 0.3) is 0 Å². The van der Waals surface area contributed by atoms with Gasteiger partial charge in [-0.25, -0.2) is 4.79 Å². The van der Waals surface area contributed by atoms with Crippen molar-refractivity contribution in [1.29, 1.82) is 0 Å². The van der Waals surface area contributed by atoms with E-state index in [1.54, 1.807) is 6.92 Å². The molecule has 1 aliphatic rings. The Morgan fingerprint density at radius 3 is 2.58 bits per heavy atom. The van der Waals surface area contributed by atoms with Crippen LogP contribution in [-0.4, -0.2) is 30.1 Å². The highest BCUT2D eigenvalue weighted by molar-refractivity contribution is 5.73. The molecule has 1 aromatic carbocycles. The number of aliphatic carboxylic acids is 1. The van der Waals surface area contributed by atoms with E-state index in [9.17, 15) is 14.7 Å². The summed E-state index contributed by atoms with van der Waals surface area (Å²) in [7, 11) is 0. The van der Waals surface area contributed by atoms with Crippen LogP contribution in [-0.2, 0) is 16.1 Å². The summed E-state index contributed by atoms with van der Waals surface area (Å²) in [4.78, 5) is 24.1. The van der Waals surface area contributed by atoms with Crippen molar-refractivity contribution >= 4 is 12.1 Å². The number of carboxylic acid groups (broad SMARTS) is 1. The summed E-state index contributed by atoms with van der Waals surface area (Å²) in [5.74, 6) is -1.82. The highest BCUT2D eigenvalue weighted by Crippen LogP contribution is 2.23. The number of carbonyl (C=O) groups excluding carboxylic acids is 2. The van der Waals surface area contributed by atoms with Crippen LogP contribution in [0.15, 0.2) is 30.3 Å². The maximum absolute atomic E-state index is 11.8. The summed E-state index contributed by atoms with van der Waals surface area (Å²) < 4.78 is 5.16. The Bertz CT molecular complexity index is 460. The van der Waals surface area contributed by atoms with E-state index in [0.717, 1.165) is 5.56 Å². The van der Waals surface area contributed by atoms with Crippen LogP contribution in [0.1, 0.15) is 12.5 Å². The minimum absolute atomic E-state index is 0.103. The molecule has 1 heterocycles. The number of carbonyl (C=O) groups is 2. The molecular weight excluding hydrogens is 246 g/mol. The maximum atomic E-state index is 11.8. The van der Waals surface area contributed by atoms with Gasteiger partial charge in [0.2, 0.25) is 0 Å². The molecule has 2 rings (SSSR count). The fourth-order valence-corrected chi connectivity index (χ4v) is 2.23. The maximum Gasteiger partial charge on any atom is 0.410 e. The fraction of sp³-hybridized carbons (Fsp3) is 0.429. The molecule has 2 atom stereocenters. The Kier molecular flexibility index (Phi) is 4.04. The van der Waals surface area contributed by atoms with Gasteiger partial charge in [-0.2, -0.15) is 0 Å². The molecule has 1 fully saturated rings. The average molecular weight is 262 g/mol. The predicted octanol–water partition coefficient (Wildman–Crippen LogP) is 0.641. The molecular formula is C14H16NO4-. The summed E-state index contributed by atoms with van der Waals surface area (Å²) in [6, 6.07) is 9.35. The first kappa shape index (κ1) is 13.4. The molecule has 0 radical (unpaired) electrons. The second kappa shape index (κ2) is 5.73. The highest BCUT2D eigenvalue weighted by atomic mass is 16.6. The van der Waals surface area contributed by atoms with E-state index in [0.29, 0.717) is 6.54 Å². The smallest absolute Gasteiger partial charge is 0.410 e. The lowest BCUT2D eigenvalue weighted by Crippen LogP contribution is -2.36. The third kappa shape index (κ3) is 3.24. The molecule has 0 saturated carbocycles. The van der Waals surface area contributed by atoms with Gasteiger partial charge in [0.1, 0.15) is 6.61 Å². The molecule has 1 aromatic rings. The lowest BCUT2D eigenvalue weighted by atomic mass is 9.99. The van der Waals surface area contributed by atoms with Crippen LogP contribution in [0.2, 0.25) is 0 Å². The first-order valence-corrected chi connectivity index (χ1v) is 6.24. The Morgan fingerprint density at radius 1 is 1.32 bits per heavy atom. The van der Waals surface area contributed by atoms with Gasteiger partial charge < -0.3 is 19.5 Å². The van der Waals surface area contributed by atoms with Gasteiger partial charge in [-0.1, -0.05) is 37.3 Å². The summed E-state index contributed by atoms with van der Waals surface area (Å²) in [6.45, 7) is 2.55. The van der Waals surface area contributed by atoms with Crippen molar-refractivity contribution in [2.75, 3.05) is 13.1 Å². The molecule has 1 saturated heterocycles. The molecule has 5 heteroatoms. The van der Waals surface area contributed by atoms with E-state index in [2.05, 4.69) is 0 Å². The Hall–Kier alpha value is -2.04. The molecule has 0 N–H and O–H groups in total. The molecule has 0 unspecified atom stereocenters. The zero-order valence-corrected chi connectivity index (χ0v) is 10.7. The van der Waals surface area contributed by atoms with Gasteiger partial charge >= 0.3 is 6.09 Å². The van der Waals surface area contributed by atoms with E-state index in [-0.39, 0.29) is 19.1 Å². The summed E-state index contributed by atoms with van der Waals surface area (Å²) in [6.07, 6.45) is -0.473. The number of likely N-dealkylation sites (tertiary alicyclic amines) is 1. The van der Waals surface area contributed by atoms with Crippen LogP contribution in [0, 0.1) is 11.8 Å². The molecule has 0 spiro atoms. The first-order valence-electron chi connectivity index (χ1n) is 6.24. The SMILES string of the molecule is C[C@@H]1CN(C(=O)OCc2ccccc2)C[C@@H]1C(=O)[O-]. The predicted molar refractivity (Wildman–Crippen MR) is 65.9 cm³/mol. The second-order valence-electron chi connectivity index (χ2n) is 4.85. The summed E-state index contributed by atoms with van der Waals surface area (Å²) >= 11 is 0. The number of amides is 1. The average Bonchev–Trinajstić information content (AvgIpc) is 2.79. The quantitative estimate of drug-likeness (QED) is 0.801. The molecule has 102 valence electrons. The molecule has 5 nitrogen and oxygen atoms in total. The van der Waals surface area contributed by atoms with Crippen LogP contribution >= 0.6 is 0 Å². The zero-order chi connectivity index (χ0) is 13.8. The molecule has 0 bridgehead atoms. The van der Waals surface area contributed by atoms with Gasteiger partial charge in [-0.3, -0.25) is 0 Å². The fourth-order valence-electron chi connectivity index (χ4n) is 2.23. The van der Waals surface area contributed by atoms with Crippen molar-refractivity contribution in [2.45, 2.75) is 13.5 Å². The van der Waals surface area contributed by atoms with Gasteiger partial charge in [0.05, 0.1) is 0 Å². The van der Waals surface area contributed by atoms with Crippen molar-refractivity contribution < 1.29 is 19.4 Å². The number of benzene rings is 1. The van der Waals surface area contributed by atoms with Crippen molar-refractivity contribution in [2.24, 2.45) is 11.8 Å². The summed E-state index contributed by atoms with van der Waals surface area (Å²) in [5.41, 5.74) is 0.902. The van der Waals surface area contributed by atoms with Gasteiger partial charge in [-0.05, 0) is 11.5 Å². The van der Waals surface area contributed by atoms with Crippen LogP contribution < -0.4 is 5.11 Å². The number of rotatable bonds is 3. The number of ether oxygens (including phenoxy) is 1. The zero-order valence-electron chi connectivity index (χ0n) is 10.7. The van der Waals surface area contributed by atoms with Crippen LogP contribution in [0.5, 0.6) is 0 Å². The molecule has 0 aliphatic carbocycles. The Morgan fingerprint density at radius 2 is 2.00 bits per heavy atom. The van der Waals surface area contributed by atoms with Crippen molar-refractivity contribution in [3.8, 4) is 0 Å². The minimum Gasteiger partial charge on any atom is -0.550 e. The molecule has 1 aliphatic heterocycles. The number of nitrogens with zero attached hydrogens (tertiary/aromatic N) is 1. The third-order valence-corrected chi connectivity index (χ3v) is 3.38. The lowest BCUT2D eigenvalue weighted by molar-refractivity contribution is -0.312. The van der Waals surface area contributed by atoms with Crippen LogP contribution in [0.3, 0.4) is 0 Å². The van der Waals surface area contributed by atoms with Gasteiger partial charge in [-0.15, -0.1) is 0 Å². The van der Waals surface area contributed by atoms with Crippen LogP contribution in [0.25, 0.3) is 0 Å². The number of carboxylic acids is 1. The van der Waals surface area contributed by atoms with Crippen molar-refractivity contribution in [3.63, 3.8) is 0 Å². The number of hydrogen-bond acceptors (Lipinski definition) is 4. The van der Waals surface area contributed by atoms with E-state index in [1.165, 1.54) is 4.90 Å². The normalized spacial score (nSPS) is 22.3. The highest BCUT2D eigenvalue weighted by Gasteiger charge is 2.33. The van der Waals surface area contributed by atoms with Crippen molar-refractivity contribution in [1.82, 2.24) is 4.90 Å². The third-order valence-electron chi connectivity index (χ3n) is 3.38. The molecule has 1 amide bonds. The van der Waals surface area contributed by atoms with E-state index in [1.807, 2.05) is 30.3 Å². The second-order valence-corrected chi connectivity index (χ2v) is 4.85. The topological polar surface area (TPSA) is 69.7 Å². The van der Waals surface area contributed by atoms with E-state index < -0.39 is 18.0 Å². The van der Waals surface area contributed by atoms with Crippen molar-refractivity contribution in [3.05, 3.63) is 35.9 Å². The minimum atomic E-state index is -1.11.